The molecule has 39 heteroatoms. The first-order valence-electron chi connectivity index (χ1n) is 30.1. The van der Waals surface area contributed by atoms with E-state index in [4.69, 9.17) is 38.0 Å². The second-order valence-electron chi connectivity index (χ2n) is 22.7. The zero-order valence-corrected chi connectivity index (χ0v) is 119. The Morgan fingerprint density at radius 3 is 1.00 bits per heavy atom. The van der Waals surface area contributed by atoms with Gasteiger partial charge >= 0.3 is 28.3 Å². The fourth-order valence-electron chi connectivity index (χ4n) is 8.04. The van der Waals surface area contributed by atoms with Crippen molar-refractivity contribution in [1.29, 1.82) is 0 Å². The van der Waals surface area contributed by atoms with Crippen molar-refractivity contribution in [3.05, 3.63) is 205 Å². The van der Waals surface area contributed by atoms with Crippen molar-refractivity contribution in [2.75, 3.05) is 0 Å². The SMILES string of the molecule is CC.CC.CC.CC1(C)OB(B2OC(C)(C)C(C)(C)O2)OC1(C)C.CC1(C)OB(c2ccc3nc[c-]nc3c2)OC1(C)C.Cc1ccc2nc[c-]nc2c1.O=C(c1ccccc1)c1ccc2nc[c-]nc2c1.O=[C-]c1ccccc1.OB(O)c1ccccc1.[W].[W].[W].[W].[W].[W].[W].[W].[W].[W].[W].[W].[W].[W].[W].[W].[Y].[Y].[Y]. The summed E-state index contributed by atoms with van der Waals surface area (Å²) in [7, 11) is -2.66. The summed E-state index contributed by atoms with van der Waals surface area (Å²) in [5.41, 5.74) is 7.39. The van der Waals surface area contributed by atoms with Crippen molar-refractivity contribution in [2.24, 2.45) is 0 Å². The van der Waals surface area contributed by atoms with E-state index in [1.54, 1.807) is 97.5 Å². The first-order valence-corrected chi connectivity index (χ1v) is 30.1. The molecule has 6 heterocycles. The molecule has 2 N–H and O–H groups in total. The average molecular weight is 4410 g/mol. The Morgan fingerprint density at radius 1 is 0.380 bits per heavy atom. The number of nitrogens with zero attached hydrogens (tertiary/aromatic N) is 6. The summed E-state index contributed by atoms with van der Waals surface area (Å²) in [6.07, 6.45) is 14.6. The molecule has 0 bridgehead atoms. The van der Waals surface area contributed by atoms with Crippen LogP contribution < -0.4 is 10.9 Å². The number of fused-ring (bicyclic) bond motifs is 3. The minimum atomic E-state index is -1.34. The number of benzene rings is 6. The molecule has 0 amide bonds. The van der Waals surface area contributed by atoms with E-state index in [0.717, 1.165) is 33.0 Å². The molecule has 0 unspecified atom stereocenters. The minimum absolute atomic E-state index is 0. The molecule has 108 heavy (non-hydrogen) atoms. The zero-order valence-electron chi connectivity index (χ0n) is 63.5. The zero-order chi connectivity index (χ0) is 66.2. The predicted molar refractivity (Wildman–Crippen MR) is 359 cm³/mol. The van der Waals surface area contributed by atoms with Crippen LogP contribution in [0.2, 0.25) is 0 Å². The maximum atomic E-state index is 12.2. The molecule has 0 atom stereocenters. The molecule has 16 nitrogen and oxygen atoms in total. The molecular weight excluding hydrogens is 4320 g/mol. The van der Waals surface area contributed by atoms with Crippen molar-refractivity contribution >= 4 is 84.4 Å². The molecule has 0 aliphatic carbocycles. The van der Waals surface area contributed by atoms with Crippen LogP contribution in [0, 0.1) is 25.5 Å². The number of hydrogen-bond donors (Lipinski definition) is 2. The molecule has 3 aliphatic heterocycles. The van der Waals surface area contributed by atoms with E-state index in [-0.39, 0.29) is 482 Å². The van der Waals surface area contributed by atoms with Crippen molar-refractivity contribution in [1.82, 2.24) is 29.9 Å². The smallest absolute Gasteiger partial charge is 0.448 e. The molecule has 0 spiro atoms. The molecule has 9 aromatic rings. The van der Waals surface area contributed by atoms with Crippen molar-refractivity contribution in [2.45, 2.75) is 165 Å². The molecule has 12 rings (SSSR count). The standard InChI is InChI=1S/C15H9N2O.C14H16BN2O2.C12H24B2O4.C9H7N2.C7H5O.C6H7BO2.3C2H6.16W.3Y/c18-15(11-4-2-1-3-5-11)12-6-7-13-14(10-12)17-9-8-16-13;1-13(2)14(3,4)19-15(18-13)10-5-6-11-12(9-10)17-8-7-16-11;1-9(2)10(3,4)16-13(15-9)14-17-11(5,6)12(7,8)18-14;1-7-2-3-8-9(6-7)11-5-4-10-8;8-6-7-4-2-1-3-5-7;8-7(9)6-4-2-1-3-5-6;3*1-2;;;;;;;;;;;;;;;;;;;/h1-8,10H;5-7,9H,1-4H3;1-8H3;2-4,6H,1H3;1-5H;1-5,8-9H;3*1-2H3;;;;;;;;;;;;;;;;;;;/q2*-1;;2*-1;;;;;;;;;;;;;;;;;;;;;;;. The summed E-state index contributed by atoms with van der Waals surface area (Å²) >= 11 is 0. The molecule has 3 aliphatic rings. The second-order valence-corrected chi connectivity index (χ2v) is 22.7. The number of ketones is 1. The van der Waals surface area contributed by atoms with Gasteiger partial charge in [0.05, 0.1) is 39.9 Å². The molecular formula is C69H86B4N6O10W16Y3-4. The van der Waals surface area contributed by atoms with Gasteiger partial charge in [0.25, 0.3) is 0 Å². The fourth-order valence-corrected chi connectivity index (χ4v) is 8.04. The third kappa shape index (κ3) is 49.0. The number of carbonyl (C=O) groups excluding carboxylic acids is 2. The minimum Gasteiger partial charge on any atom is -0.448 e. The summed E-state index contributed by atoms with van der Waals surface area (Å²) in [5, 5.41) is 17.2. The first-order chi connectivity index (χ1) is 42.2. The van der Waals surface area contributed by atoms with Crippen LogP contribution in [-0.4, -0.2) is 114 Å². The van der Waals surface area contributed by atoms with Gasteiger partial charge in [-0.15, -0.1) is 48.9 Å². The maximum Gasteiger partial charge on any atom is 0.493 e. The van der Waals surface area contributed by atoms with E-state index in [1.165, 1.54) is 11.8 Å². The average Bonchev–Trinajstić information content (AvgIpc) is 1.60. The van der Waals surface area contributed by atoms with Gasteiger partial charge in [0.2, 0.25) is 0 Å². The summed E-state index contributed by atoms with van der Waals surface area (Å²) < 4.78 is 35.9. The van der Waals surface area contributed by atoms with Gasteiger partial charge in [0.15, 0.2) is 5.78 Å². The molecule has 6 aromatic carbocycles. The second kappa shape index (κ2) is 77.5. The maximum absolute atomic E-state index is 12.2. The first kappa shape index (κ1) is 152. The van der Waals surface area contributed by atoms with Crippen LogP contribution in [0.25, 0.3) is 33.1 Å². The third-order valence-corrected chi connectivity index (χ3v) is 15.0. The van der Waals surface area contributed by atoms with E-state index in [1.807, 2.05) is 198 Å². The monoisotopic (exact) mass is 4410 g/mol. The molecule has 3 fully saturated rings. The van der Waals surface area contributed by atoms with Gasteiger partial charge in [0, 0.05) is 463 Å². The Kier molecular flexibility index (Phi) is 109. The fraction of sp³-hybridized carbons (Fsp3) is 0.362. The van der Waals surface area contributed by atoms with Gasteiger partial charge in [-0.1, -0.05) is 167 Å². The third-order valence-electron chi connectivity index (χ3n) is 15.0. The normalized spacial score (nSPS) is 13.4. The van der Waals surface area contributed by atoms with Crippen LogP contribution in [0.3, 0.4) is 0 Å². The molecule has 0 saturated carbocycles. The number of aryl methyl sites for hydroxylation is 1. The largest absolute Gasteiger partial charge is 0.493 e. The Balaban J connectivity index is -0.0000000652. The van der Waals surface area contributed by atoms with E-state index in [0.29, 0.717) is 27.7 Å². The van der Waals surface area contributed by atoms with Gasteiger partial charge in [-0.25, -0.2) is 0 Å². The molecule has 3 aromatic heterocycles. The Morgan fingerprint density at radius 2 is 0.676 bits per heavy atom. The molecule has 3 radical (unpaired) electrons. The van der Waals surface area contributed by atoms with Crippen LogP contribution in [0.1, 0.15) is 152 Å². The Hall–Kier alpha value is 6.94. The quantitative estimate of drug-likeness (QED) is 0.0901. The van der Waals surface area contributed by atoms with Crippen molar-refractivity contribution < 1.29 is 483 Å². The van der Waals surface area contributed by atoms with Gasteiger partial charge in [-0.3, -0.25) is 19.7 Å². The predicted octanol–water partition coefficient (Wildman–Crippen LogP) is 11.9. The van der Waals surface area contributed by atoms with E-state index in [9.17, 15) is 9.59 Å². The number of hydrogen-bond acceptors (Lipinski definition) is 16. The van der Waals surface area contributed by atoms with E-state index < -0.39 is 21.1 Å². The molecule has 3 saturated heterocycles. The summed E-state index contributed by atoms with van der Waals surface area (Å²) in [5.74, 6) is -0.0110. The van der Waals surface area contributed by atoms with Gasteiger partial charge in [-0.05, 0) is 120 Å². The Labute approximate surface area is 949 Å². The summed E-state index contributed by atoms with van der Waals surface area (Å²) in [4.78, 5) is 46.9. The van der Waals surface area contributed by atoms with Crippen LogP contribution in [-0.2, 0) is 468 Å². The number of aromatic nitrogens is 6. The van der Waals surface area contributed by atoms with Crippen LogP contribution in [0.5, 0.6) is 0 Å². The van der Waals surface area contributed by atoms with Crippen LogP contribution in [0.15, 0.2) is 164 Å². The van der Waals surface area contributed by atoms with Gasteiger partial charge < -0.3 is 57.7 Å². The van der Waals surface area contributed by atoms with Gasteiger partial charge in [-0.2, -0.15) is 17.7 Å². The van der Waals surface area contributed by atoms with E-state index >= 15 is 0 Å². The van der Waals surface area contributed by atoms with E-state index in [2.05, 4.69) is 48.5 Å². The summed E-state index contributed by atoms with van der Waals surface area (Å²) in [6, 6.07) is 43.9. The topological polar surface area (TPSA) is 207 Å². The van der Waals surface area contributed by atoms with Crippen molar-refractivity contribution in [3.8, 4) is 0 Å². The van der Waals surface area contributed by atoms with Crippen molar-refractivity contribution in [3.63, 3.8) is 0 Å². The van der Waals surface area contributed by atoms with Crippen LogP contribution in [0.4, 0.5) is 0 Å². The van der Waals surface area contributed by atoms with Crippen LogP contribution >= 0.6 is 0 Å². The molecule has 573 valence electrons. The number of carbonyl (C=O) groups is 1. The number of rotatable bonds is 6. The summed E-state index contributed by atoms with van der Waals surface area (Å²) in [6.45, 7) is 38.4. The Bertz CT molecular complexity index is 3590. The van der Waals surface area contributed by atoms with Gasteiger partial charge in [0.1, 0.15) is 0 Å².